The van der Waals surface area contributed by atoms with Gasteiger partial charge in [-0.05, 0) is 28.5 Å². The maximum absolute atomic E-state index is 12.6. The lowest BCUT2D eigenvalue weighted by Crippen LogP contribution is -2.48. The molecule has 1 aliphatic rings. The first-order valence-corrected chi connectivity index (χ1v) is 12.3. The Bertz CT molecular complexity index is 1240. The second-order valence-electron chi connectivity index (χ2n) is 8.28. The summed E-state index contributed by atoms with van der Waals surface area (Å²) in [5.41, 5.74) is 3.19. The fraction of sp³-hybridized carbons (Fsp3) is 0.231. The average molecular weight is 477 g/mol. The van der Waals surface area contributed by atoms with Gasteiger partial charge < -0.3 is 5.32 Å². The van der Waals surface area contributed by atoms with Crippen LogP contribution < -0.4 is 5.32 Å². The van der Waals surface area contributed by atoms with Gasteiger partial charge in [0, 0.05) is 48.7 Å². The number of benzene rings is 3. The second-order valence-corrected chi connectivity index (χ2v) is 9.58. The molecule has 4 aromatic rings. The summed E-state index contributed by atoms with van der Waals surface area (Å²) in [7, 11) is 0. The van der Waals surface area contributed by atoms with Crippen LogP contribution in [0.5, 0.6) is 0 Å². The van der Waals surface area contributed by atoms with Gasteiger partial charge in [0.05, 0.1) is 12.2 Å². The lowest BCUT2D eigenvalue weighted by Gasteiger charge is -2.34. The lowest BCUT2D eigenvalue weighted by atomic mass is 10.0. The van der Waals surface area contributed by atoms with E-state index in [4.69, 9.17) is 11.6 Å². The summed E-state index contributed by atoms with van der Waals surface area (Å²) in [6.45, 7) is 4.99. The summed E-state index contributed by atoms with van der Waals surface area (Å²) >= 11 is 7.39. The Morgan fingerprint density at radius 2 is 1.67 bits per heavy atom. The molecule has 0 atom stereocenters. The molecule has 1 aliphatic heterocycles. The van der Waals surface area contributed by atoms with Crippen LogP contribution in [0.15, 0.2) is 72.1 Å². The Hall–Kier alpha value is -2.77. The van der Waals surface area contributed by atoms with Crippen molar-refractivity contribution >= 4 is 44.7 Å². The third-order valence-electron chi connectivity index (χ3n) is 6.00. The minimum absolute atomic E-state index is 0.0190. The molecule has 2 heterocycles. The number of piperazine rings is 1. The number of nitrogens with one attached hydrogen (secondary N) is 1. The average Bonchev–Trinajstić information content (AvgIpc) is 3.29. The predicted octanol–water partition coefficient (Wildman–Crippen LogP) is 5.37. The van der Waals surface area contributed by atoms with E-state index in [1.54, 1.807) is 0 Å². The number of aromatic nitrogens is 1. The van der Waals surface area contributed by atoms with Gasteiger partial charge in [0.1, 0.15) is 0 Å². The summed E-state index contributed by atoms with van der Waals surface area (Å²) in [6, 6.07) is 22.6. The van der Waals surface area contributed by atoms with E-state index in [-0.39, 0.29) is 5.91 Å². The van der Waals surface area contributed by atoms with Crippen molar-refractivity contribution in [2.45, 2.75) is 6.54 Å². The summed E-state index contributed by atoms with van der Waals surface area (Å²) in [5, 5.41) is 8.82. The van der Waals surface area contributed by atoms with Gasteiger partial charge in [-0.15, -0.1) is 11.3 Å². The fourth-order valence-electron chi connectivity index (χ4n) is 4.22. The maximum Gasteiger partial charge on any atom is 0.240 e. The molecule has 1 N–H and O–H groups in total. The van der Waals surface area contributed by atoms with Crippen molar-refractivity contribution in [2.24, 2.45) is 0 Å². The maximum atomic E-state index is 12.6. The van der Waals surface area contributed by atoms with Crippen molar-refractivity contribution in [2.75, 3.05) is 38.0 Å². The number of carbonyl (C=O) groups excluding carboxylic acids is 1. The Labute approximate surface area is 202 Å². The monoisotopic (exact) mass is 476 g/mol. The Morgan fingerprint density at radius 3 is 2.48 bits per heavy atom. The number of hydrogen-bond acceptors (Lipinski definition) is 5. The Kier molecular flexibility index (Phi) is 6.69. The number of fused-ring (bicyclic) bond motifs is 1. The number of rotatable bonds is 6. The van der Waals surface area contributed by atoms with E-state index in [0.29, 0.717) is 16.7 Å². The standard InChI is InChI=1S/C26H25ClN4OS/c27-22-10-8-20(9-11-22)24-18-33-26(28-24)29-25(32)17-31-14-12-30(13-15-31)16-21-6-3-5-19-4-1-2-7-23(19)21/h1-11,18H,12-17H2,(H,28,29,32). The molecule has 7 heteroatoms. The van der Waals surface area contributed by atoms with Crippen LogP contribution in [0.25, 0.3) is 22.0 Å². The number of amides is 1. The van der Waals surface area contributed by atoms with E-state index < -0.39 is 0 Å². The van der Waals surface area contributed by atoms with E-state index >= 15 is 0 Å². The van der Waals surface area contributed by atoms with Crippen molar-refractivity contribution < 1.29 is 4.79 Å². The van der Waals surface area contributed by atoms with Crippen molar-refractivity contribution in [3.63, 3.8) is 0 Å². The third kappa shape index (κ3) is 5.42. The van der Waals surface area contributed by atoms with Crippen molar-refractivity contribution in [3.8, 4) is 11.3 Å². The molecular weight excluding hydrogens is 452 g/mol. The zero-order valence-electron chi connectivity index (χ0n) is 18.2. The number of halogens is 1. The van der Waals surface area contributed by atoms with Gasteiger partial charge >= 0.3 is 0 Å². The molecule has 5 rings (SSSR count). The Balaban J connectivity index is 1.12. The quantitative estimate of drug-likeness (QED) is 0.406. The minimum atomic E-state index is -0.0190. The van der Waals surface area contributed by atoms with Gasteiger partial charge in [0.25, 0.3) is 0 Å². The van der Waals surface area contributed by atoms with Crippen LogP contribution in [-0.4, -0.2) is 53.4 Å². The van der Waals surface area contributed by atoms with Gasteiger partial charge in [-0.1, -0.05) is 66.2 Å². The molecule has 3 aromatic carbocycles. The van der Waals surface area contributed by atoms with Gasteiger partial charge in [0.15, 0.2) is 5.13 Å². The van der Waals surface area contributed by atoms with Gasteiger partial charge in [-0.2, -0.15) is 0 Å². The number of nitrogens with zero attached hydrogens (tertiary/aromatic N) is 3. The van der Waals surface area contributed by atoms with Crippen LogP contribution in [-0.2, 0) is 11.3 Å². The lowest BCUT2D eigenvalue weighted by molar-refractivity contribution is -0.117. The summed E-state index contributed by atoms with van der Waals surface area (Å²) in [6.07, 6.45) is 0. The van der Waals surface area contributed by atoms with E-state index in [2.05, 4.69) is 62.6 Å². The summed E-state index contributed by atoms with van der Waals surface area (Å²) < 4.78 is 0. The van der Waals surface area contributed by atoms with E-state index in [9.17, 15) is 4.79 Å². The number of hydrogen-bond donors (Lipinski definition) is 1. The van der Waals surface area contributed by atoms with Crippen molar-refractivity contribution in [1.82, 2.24) is 14.8 Å². The third-order valence-corrected chi connectivity index (χ3v) is 7.01. The molecule has 1 aromatic heterocycles. The highest BCUT2D eigenvalue weighted by atomic mass is 35.5. The molecule has 0 unspecified atom stereocenters. The van der Waals surface area contributed by atoms with Crippen LogP contribution in [0.3, 0.4) is 0 Å². The molecule has 33 heavy (non-hydrogen) atoms. The molecule has 0 radical (unpaired) electrons. The minimum Gasteiger partial charge on any atom is -0.301 e. The largest absolute Gasteiger partial charge is 0.301 e. The van der Waals surface area contributed by atoms with Crippen LogP contribution in [0.1, 0.15) is 5.56 Å². The van der Waals surface area contributed by atoms with Crippen molar-refractivity contribution in [3.05, 3.63) is 82.7 Å². The van der Waals surface area contributed by atoms with E-state index in [1.807, 2.05) is 29.6 Å². The molecule has 0 aliphatic carbocycles. The Morgan fingerprint density at radius 1 is 0.939 bits per heavy atom. The molecule has 0 spiro atoms. The van der Waals surface area contributed by atoms with Crippen LogP contribution in [0.4, 0.5) is 5.13 Å². The molecule has 0 bridgehead atoms. The molecule has 168 valence electrons. The van der Waals surface area contributed by atoms with E-state index in [1.165, 1.54) is 27.7 Å². The van der Waals surface area contributed by atoms with Crippen LogP contribution in [0, 0.1) is 0 Å². The highest BCUT2D eigenvalue weighted by Gasteiger charge is 2.20. The zero-order chi connectivity index (χ0) is 22.6. The number of carbonyl (C=O) groups is 1. The molecule has 0 saturated carbocycles. The summed E-state index contributed by atoms with van der Waals surface area (Å²) in [5.74, 6) is -0.0190. The molecule has 1 saturated heterocycles. The highest BCUT2D eigenvalue weighted by molar-refractivity contribution is 7.14. The summed E-state index contributed by atoms with van der Waals surface area (Å²) in [4.78, 5) is 21.8. The first kappa shape index (κ1) is 22.0. The first-order valence-electron chi connectivity index (χ1n) is 11.1. The molecule has 1 amide bonds. The molecular formula is C26H25ClN4OS. The number of thiazole rings is 1. The van der Waals surface area contributed by atoms with Crippen LogP contribution >= 0.6 is 22.9 Å². The second kappa shape index (κ2) is 10.0. The van der Waals surface area contributed by atoms with Crippen LogP contribution in [0.2, 0.25) is 5.02 Å². The van der Waals surface area contributed by atoms with E-state index in [0.717, 1.165) is 44.0 Å². The van der Waals surface area contributed by atoms with Gasteiger partial charge in [-0.25, -0.2) is 4.98 Å². The highest BCUT2D eigenvalue weighted by Crippen LogP contribution is 2.26. The molecule has 5 nitrogen and oxygen atoms in total. The topological polar surface area (TPSA) is 48.5 Å². The predicted molar refractivity (Wildman–Crippen MR) is 137 cm³/mol. The normalized spacial score (nSPS) is 15.1. The fourth-order valence-corrected chi connectivity index (χ4v) is 5.08. The molecule has 1 fully saturated rings. The zero-order valence-corrected chi connectivity index (χ0v) is 19.8. The first-order chi connectivity index (χ1) is 16.1. The smallest absolute Gasteiger partial charge is 0.240 e. The number of anilines is 1. The van der Waals surface area contributed by atoms with Gasteiger partial charge in [0.2, 0.25) is 5.91 Å². The van der Waals surface area contributed by atoms with Gasteiger partial charge in [-0.3, -0.25) is 14.6 Å². The SMILES string of the molecule is O=C(CN1CCN(Cc2cccc3ccccc23)CC1)Nc1nc(-c2ccc(Cl)cc2)cs1. The van der Waals surface area contributed by atoms with Crippen molar-refractivity contribution in [1.29, 1.82) is 0 Å².